The first-order chi connectivity index (χ1) is 5.59. The summed E-state index contributed by atoms with van der Waals surface area (Å²) >= 11 is 0. The fourth-order valence-electron chi connectivity index (χ4n) is 0.913. The lowest BCUT2D eigenvalue weighted by Gasteiger charge is -2.03. The van der Waals surface area contributed by atoms with Crippen LogP contribution in [0.1, 0.15) is 0 Å². The summed E-state index contributed by atoms with van der Waals surface area (Å²) in [5.74, 6) is -4.95. The van der Waals surface area contributed by atoms with E-state index >= 15 is 0 Å². The Kier molecular flexibility index (Phi) is 2.52. The van der Waals surface area contributed by atoms with Gasteiger partial charge in [-0.3, -0.25) is 0 Å². The summed E-state index contributed by atoms with van der Waals surface area (Å²) in [6.07, 6.45) is -2.33. The molecule has 0 aromatic heterocycles. The molecule has 0 spiro atoms. The fourth-order valence-corrected chi connectivity index (χ4v) is 0.913. The highest BCUT2D eigenvalue weighted by Crippen LogP contribution is 2.36. The zero-order valence-electron chi connectivity index (χ0n) is 6.20. The van der Waals surface area contributed by atoms with Crippen LogP contribution in [0.4, 0.5) is 17.6 Å². The van der Waals surface area contributed by atoms with Gasteiger partial charge < -0.3 is 4.74 Å². The van der Waals surface area contributed by atoms with E-state index in [9.17, 15) is 17.6 Å². The lowest BCUT2D eigenvalue weighted by molar-refractivity contribution is 0.207. The van der Waals surface area contributed by atoms with Crippen LogP contribution in [0, 0.1) is 0 Å². The molecule has 0 radical (unpaired) electrons. The Morgan fingerprint density at radius 3 is 2.17 bits per heavy atom. The molecule has 0 aromatic carbocycles. The minimum Gasteiger partial charge on any atom is -0.380 e. The van der Waals surface area contributed by atoms with E-state index in [-0.39, 0.29) is 0 Å². The molecule has 0 N–H and O–H groups in total. The molecule has 0 saturated carbocycles. The average molecular weight is 182 g/mol. The normalized spacial score (nSPS) is 24.2. The topological polar surface area (TPSA) is 9.23 Å². The molecule has 1 rings (SSSR count). The van der Waals surface area contributed by atoms with Gasteiger partial charge in [0.2, 0.25) is 0 Å². The van der Waals surface area contributed by atoms with Crippen LogP contribution in [-0.2, 0) is 4.74 Å². The summed E-state index contributed by atoms with van der Waals surface area (Å²) in [6.45, 7) is -0.451. The zero-order valence-corrected chi connectivity index (χ0v) is 6.20. The number of hydrogen-bond acceptors (Lipinski definition) is 1. The van der Waals surface area contributed by atoms with Crippen LogP contribution in [-0.4, -0.2) is 19.9 Å². The first-order valence-corrected chi connectivity index (χ1v) is 3.16. The molecule has 0 bridgehead atoms. The van der Waals surface area contributed by atoms with Crippen molar-refractivity contribution in [1.29, 1.82) is 0 Å². The summed E-state index contributed by atoms with van der Waals surface area (Å²) in [7, 11) is 1.18. The Morgan fingerprint density at radius 1 is 1.25 bits per heavy atom. The van der Waals surface area contributed by atoms with Crippen LogP contribution >= 0.6 is 0 Å². The molecule has 0 fully saturated rings. The van der Waals surface area contributed by atoms with Gasteiger partial charge in [0.1, 0.15) is 0 Å². The van der Waals surface area contributed by atoms with E-state index in [2.05, 4.69) is 4.74 Å². The third kappa shape index (κ3) is 1.24. The number of halogens is 4. The van der Waals surface area contributed by atoms with Gasteiger partial charge >= 0.3 is 0 Å². The summed E-state index contributed by atoms with van der Waals surface area (Å²) in [5, 5.41) is 0. The van der Waals surface area contributed by atoms with Crippen LogP contribution in [0.25, 0.3) is 0 Å². The lowest BCUT2D eigenvalue weighted by atomic mass is 10.2. The van der Waals surface area contributed by atoms with E-state index in [0.717, 1.165) is 0 Å². The van der Waals surface area contributed by atoms with Crippen molar-refractivity contribution in [2.75, 3.05) is 13.7 Å². The fraction of sp³-hybridized carbons (Fsp3) is 0.429. The Morgan fingerprint density at radius 2 is 1.83 bits per heavy atom. The van der Waals surface area contributed by atoms with Crippen molar-refractivity contribution in [3.8, 4) is 0 Å². The molecule has 68 valence electrons. The second kappa shape index (κ2) is 3.26. The Labute approximate surface area is 66.3 Å². The molecule has 0 aromatic rings. The molecule has 5 heteroatoms. The average Bonchev–Trinajstić information content (AvgIpc) is 2.23. The molecule has 1 unspecified atom stereocenters. The van der Waals surface area contributed by atoms with E-state index in [1.807, 2.05) is 0 Å². The van der Waals surface area contributed by atoms with Gasteiger partial charge in [0.25, 0.3) is 0 Å². The molecule has 0 heterocycles. The summed E-state index contributed by atoms with van der Waals surface area (Å²) in [5.41, 5.74) is -0.632. The largest absolute Gasteiger partial charge is 0.380 e. The van der Waals surface area contributed by atoms with Gasteiger partial charge in [-0.05, 0) is 0 Å². The third-order valence-corrected chi connectivity index (χ3v) is 1.51. The lowest BCUT2D eigenvalue weighted by Crippen LogP contribution is -2.07. The summed E-state index contributed by atoms with van der Waals surface area (Å²) < 4.78 is 54.2. The van der Waals surface area contributed by atoms with Gasteiger partial charge in [-0.2, -0.15) is 0 Å². The van der Waals surface area contributed by atoms with Crippen molar-refractivity contribution in [2.45, 2.75) is 6.17 Å². The standard InChI is InChI=1S/C7H6F4O/c1-12-2-3-4(8)6(10)7(11)5(3)9/h4H,2H2,1H3. The molecule has 1 atom stereocenters. The van der Waals surface area contributed by atoms with Gasteiger partial charge in [-0.1, -0.05) is 0 Å². The first kappa shape index (κ1) is 9.25. The van der Waals surface area contributed by atoms with E-state index in [1.54, 1.807) is 0 Å². The molecule has 0 aliphatic heterocycles. The maximum absolute atomic E-state index is 12.6. The minimum absolute atomic E-state index is 0.451. The Hall–Kier alpha value is -0.840. The number of ether oxygens (including phenoxy) is 1. The molecular formula is C7H6F4O. The number of alkyl halides is 1. The highest BCUT2D eigenvalue weighted by molar-refractivity contribution is 5.42. The van der Waals surface area contributed by atoms with Crippen molar-refractivity contribution < 1.29 is 22.3 Å². The van der Waals surface area contributed by atoms with E-state index in [0.29, 0.717) is 0 Å². The van der Waals surface area contributed by atoms with Crippen molar-refractivity contribution in [3.05, 3.63) is 23.1 Å². The Bertz CT molecular complexity index is 256. The van der Waals surface area contributed by atoms with E-state index in [4.69, 9.17) is 0 Å². The molecule has 12 heavy (non-hydrogen) atoms. The van der Waals surface area contributed by atoms with Gasteiger partial charge in [-0.25, -0.2) is 17.6 Å². The summed E-state index contributed by atoms with van der Waals surface area (Å²) in [6, 6.07) is 0. The third-order valence-electron chi connectivity index (χ3n) is 1.51. The van der Waals surface area contributed by atoms with E-state index in [1.165, 1.54) is 7.11 Å². The molecule has 0 saturated heterocycles. The summed E-state index contributed by atoms with van der Waals surface area (Å²) in [4.78, 5) is 0. The molecule has 1 nitrogen and oxygen atoms in total. The van der Waals surface area contributed by atoms with Crippen molar-refractivity contribution in [3.63, 3.8) is 0 Å². The predicted octanol–water partition coefficient (Wildman–Crippen LogP) is 2.36. The second-order valence-electron chi connectivity index (χ2n) is 2.30. The highest BCUT2D eigenvalue weighted by atomic mass is 19.2. The quantitative estimate of drug-likeness (QED) is 0.595. The van der Waals surface area contributed by atoms with Gasteiger partial charge in [0.05, 0.1) is 6.61 Å². The van der Waals surface area contributed by atoms with Crippen molar-refractivity contribution in [2.24, 2.45) is 0 Å². The number of hydrogen-bond donors (Lipinski definition) is 0. The highest BCUT2D eigenvalue weighted by Gasteiger charge is 2.35. The number of allylic oxidation sites excluding steroid dienone is 3. The maximum atomic E-state index is 12.6. The monoisotopic (exact) mass is 182 g/mol. The van der Waals surface area contributed by atoms with Gasteiger partial charge in [-0.15, -0.1) is 0 Å². The number of methoxy groups -OCH3 is 1. The van der Waals surface area contributed by atoms with Crippen LogP contribution in [0.15, 0.2) is 23.1 Å². The molecule has 1 aliphatic rings. The number of rotatable bonds is 2. The zero-order chi connectivity index (χ0) is 9.30. The minimum atomic E-state index is -2.33. The van der Waals surface area contributed by atoms with Crippen LogP contribution in [0.5, 0.6) is 0 Å². The first-order valence-electron chi connectivity index (χ1n) is 3.16. The van der Waals surface area contributed by atoms with Gasteiger partial charge in [0, 0.05) is 12.7 Å². The maximum Gasteiger partial charge on any atom is 0.193 e. The molecular weight excluding hydrogens is 176 g/mol. The van der Waals surface area contributed by atoms with Crippen LogP contribution < -0.4 is 0 Å². The molecule has 1 aliphatic carbocycles. The predicted molar refractivity (Wildman–Crippen MR) is 34.1 cm³/mol. The van der Waals surface area contributed by atoms with Crippen LogP contribution in [0.2, 0.25) is 0 Å². The molecule has 0 amide bonds. The van der Waals surface area contributed by atoms with Crippen LogP contribution in [0.3, 0.4) is 0 Å². The Balaban J connectivity index is 2.92. The van der Waals surface area contributed by atoms with E-state index < -0.39 is 35.8 Å². The second-order valence-corrected chi connectivity index (χ2v) is 2.30. The SMILES string of the molecule is COCC1=C(F)C(F)=C(F)C1F. The smallest absolute Gasteiger partial charge is 0.193 e. The van der Waals surface area contributed by atoms with Crippen molar-refractivity contribution in [1.82, 2.24) is 0 Å². The van der Waals surface area contributed by atoms with Crippen molar-refractivity contribution >= 4 is 0 Å². The van der Waals surface area contributed by atoms with Gasteiger partial charge in [0.15, 0.2) is 23.7 Å².